The van der Waals surface area contributed by atoms with Crippen LogP contribution in [0.4, 0.5) is 0 Å². The number of carbonyl (C=O) groups excluding carboxylic acids is 1. The Balaban J connectivity index is 2.05. The lowest BCUT2D eigenvalue weighted by atomic mass is 10.3. The lowest BCUT2D eigenvalue weighted by molar-refractivity contribution is -0.109. The number of hydrogen-bond donors (Lipinski definition) is 1. The van der Waals surface area contributed by atoms with E-state index in [0.29, 0.717) is 18.6 Å². The average molecular weight is 287 g/mol. The lowest BCUT2D eigenvalue weighted by Crippen LogP contribution is -2.30. The van der Waals surface area contributed by atoms with Crippen LogP contribution in [0.1, 0.15) is 11.5 Å². The fourth-order valence-electron chi connectivity index (χ4n) is 1.92. The van der Waals surface area contributed by atoms with E-state index in [-0.39, 0.29) is 13.1 Å². The van der Waals surface area contributed by atoms with Gasteiger partial charge in [-0.2, -0.15) is 17.4 Å². The molecule has 0 amide bonds. The van der Waals surface area contributed by atoms with Gasteiger partial charge in [-0.25, -0.2) is 0 Å². The zero-order valence-corrected chi connectivity index (χ0v) is 11.7. The zero-order valence-electron chi connectivity index (χ0n) is 10.9. The maximum absolute atomic E-state index is 11.7. The second-order valence-electron chi connectivity index (χ2n) is 4.76. The first-order valence-electron chi connectivity index (χ1n) is 5.86. The maximum Gasteiger partial charge on any atom is 0.280 e. The van der Waals surface area contributed by atoms with Crippen LogP contribution in [-0.2, 0) is 28.1 Å². The Hall–Kier alpha value is -1.22. The van der Waals surface area contributed by atoms with Gasteiger partial charge in [0.2, 0.25) is 0 Å². The molecule has 106 valence electrons. The minimum absolute atomic E-state index is 0.132. The molecule has 1 unspecified atom stereocenters. The van der Waals surface area contributed by atoms with Crippen LogP contribution in [-0.4, -0.2) is 50.6 Å². The van der Waals surface area contributed by atoms with Gasteiger partial charge in [-0.1, -0.05) is 0 Å². The van der Waals surface area contributed by atoms with E-state index >= 15 is 0 Å². The van der Waals surface area contributed by atoms with Crippen molar-refractivity contribution in [2.75, 3.05) is 20.6 Å². The second-order valence-corrected chi connectivity index (χ2v) is 6.47. The van der Waals surface area contributed by atoms with Crippen molar-refractivity contribution in [3.8, 4) is 0 Å². The van der Waals surface area contributed by atoms with Crippen LogP contribution in [0.3, 0.4) is 0 Å². The van der Waals surface area contributed by atoms with Gasteiger partial charge in [-0.15, -0.1) is 0 Å². The number of nitrogens with zero attached hydrogens (tertiary/aromatic N) is 2. The largest absolute Gasteiger partial charge is 0.463 e. The minimum Gasteiger partial charge on any atom is -0.463 e. The van der Waals surface area contributed by atoms with Crippen LogP contribution in [0, 0.1) is 0 Å². The fraction of sp³-hybridized carbons (Fsp3) is 0.545. The van der Waals surface area contributed by atoms with Crippen LogP contribution < -0.4 is 4.72 Å². The quantitative estimate of drug-likeness (QED) is 0.742. The van der Waals surface area contributed by atoms with Crippen LogP contribution in [0.15, 0.2) is 16.5 Å². The predicted octanol–water partition coefficient (Wildman–Crippen LogP) is -0.441. The highest BCUT2D eigenvalue weighted by Crippen LogP contribution is 2.17. The Kier molecular flexibility index (Phi) is 4.04. The number of rotatable bonds is 5. The van der Waals surface area contributed by atoms with Gasteiger partial charge in [0.15, 0.2) is 0 Å². The summed E-state index contributed by atoms with van der Waals surface area (Å²) in [5, 5.41) is 0. The molecule has 0 radical (unpaired) electrons. The number of carbonyl (C=O) groups is 1. The summed E-state index contributed by atoms with van der Waals surface area (Å²) in [6, 6.07) is 2.90. The molecule has 1 N–H and O–H groups in total. The molecule has 8 heteroatoms. The van der Waals surface area contributed by atoms with E-state index in [9.17, 15) is 13.2 Å². The molecule has 1 saturated heterocycles. The molecular weight excluding hydrogens is 270 g/mol. The molecule has 7 nitrogen and oxygen atoms in total. The van der Waals surface area contributed by atoms with E-state index in [4.69, 9.17) is 4.42 Å². The molecule has 1 aliphatic heterocycles. The zero-order chi connectivity index (χ0) is 14.0. The van der Waals surface area contributed by atoms with E-state index in [0.717, 1.165) is 5.76 Å². The molecule has 0 aromatic carbocycles. The van der Waals surface area contributed by atoms with Crippen molar-refractivity contribution in [2.45, 2.75) is 19.1 Å². The van der Waals surface area contributed by atoms with Gasteiger partial charge in [0, 0.05) is 6.54 Å². The van der Waals surface area contributed by atoms with Crippen molar-refractivity contribution in [3.63, 3.8) is 0 Å². The van der Waals surface area contributed by atoms with E-state index in [1.807, 2.05) is 25.1 Å². The Morgan fingerprint density at radius 2 is 2.16 bits per heavy atom. The molecule has 0 spiro atoms. The van der Waals surface area contributed by atoms with Crippen LogP contribution >= 0.6 is 0 Å². The summed E-state index contributed by atoms with van der Waals surface area (Å²) >= 11 is 0. The van der Waals surface area contributed by atoms with Gasteiger partial charge in [0.25, 0.3) is 10.2 Å². The highest BCUT2D eigenvalue weighted by molar-refractivity contribution is 7.87. The second kappa shape index (κ2) is 5.41. The van der Waals surface area contributed by atoms with Crippen molar-refractivity contribution in [1.82, 2.24) is 13.9 Å². The standard InChI is InChI=1S/C11H17N3O4S/c1-13(2)6-10-3-4-11(18-10)7-14-5-9(8-15)12-19(14,16)17/h3-4,8-9,12H,5-7H2,1-2H3. The Bertz CT molecular complexity index is 552. The third-order valence-corrected chi connectivity index (χ3v) is 4.28. The smallest absolute Gasteiger partial charge is 0.280 e. The molecular formula is C11H17N3O4S. The average Bonchev–Trinajstić information content (AvgIpc) is 2.84. The Morgan fingerprint density at radius 1 is 1.47 bits per heavy atom. The van der Waals surface area contributed by atoms with E-state index in [2.05, 4.69) is 4.72 Å². The first-order valence-corrected chi connectivity index (χ1v) is 7.30. The predicted molar refractivity (Wildman–Crippen MR) is 68.4 cm³/mol. The summed E-state index contributed by atoms with van der Waals surface area (Å²) in [5.41, 5.74) is 0. The third-order valence-electron chi connectivity index (χ3n) is 2.73. The fourth-order valence-corrected chi connectivity index (χ4v) is 3.23. The highest BCUT2D eigenvalue weighted by atomic mass is 32.2. The molecule has 1 aromatic heterocycles. The Labute approximate surface area is 112 Å². The van der Waals surface area contributed by atoms with Crippen molar-refractivity contribution < 1.29 is 17.6 Å². The number of aldehydes is 1. The Morgan fingerprint density at radius 3 is 2.74 bits per heavy atom. The van der Waals surface area contributed by atoms with Crippen molar-refractivity contribution in [2.24, 2.45) is 0 Å². The van der Waals surface area contributed by atoms with E-state index in [1.165, 1.54) is 4.31 Å². The molecule has 1 aliphatic rings. The van der Waals surface area contributed by atoms with Gasteiger partial charge >= 0.3 is 0 Å². The highest BCUT2D eigenvalue weighted by Gasteiger charge is 2.35. The molecule has 1 fully saturated rings. The number of furan rings is 1. The molecule has 1 atom stereocenters. The summed E-state index contributed by atoms with van der Waals surface area (Å²) in [4.78, 5) is 12.6. The van der Waals surface area contributed by atoms with Crippen LogP contribution in [0.25, 0.3) is 0 Å². The van der Waals surface area contributed by atoms with Crippen LogP contribution in [0.2, 0.25) is 0 Å². The topological polar surface area (TPSA) is 82.9 Å². The molecule has 2 heterocycles. The van der Waals surface area contributed by atoms with Crippen LogP contribution in [0.5, 0.6) is 0 Å². The first-order chi connectivity index (χ1) is 8.90. The van der Waals surface area contributed by atoms with E-state index < -0.39 is 16.3 Å². The molecule has 1 aromatic rings. The van der Waals surface area contributed by atoms with Crippen molar-refractivity contribution in [3.05, 3.63) is 23.7 Å². The minimum atomic E-state index is -3.58. The summed E-state index contributed by atoms with van der Waals surface area (Å²) in [6.45, 7) is 0.921. The van der Waals surface area contributed by atoms with Gasteiger partial charge in [0.1, 0.15) is 17.8 Å². The van der Waals surface area contributed by atoms with Crippen molar-refractivity contribution >= 4 is 16.5 Å². The van der Waals surface area contributed by atoms with Gasteiger partial charge < -0.3 is 14.1 Å². The summed E-state index contributed by atoms with van der Waals surface area (Å²) in [5.74, 6) is 1.34. The van der Waals surface area contributed by atoms with Gasteiger partial charge in [-0.05, 0) is 26.2 Å². The lowest BCUT2D eigenvalue weighted by Gasteiger charge is -2.11. The molecule has 0 aliphatic carbocycles. The van der Waals surface area contributed by atoms with Gasteiger partial charge in [-0.3, -0.25) is 0 Å². The van der Waals surface area contributed by atoms with E-state index in [1.54, 1.807) is 6.07 Å². The van der Waals surface area contributed by atoms with Crippen molar-refractivity contribution in [1.29, 1.82) is 0 Å². The monoisotopic (exact) mass is 287 g/mol. The summed E-state index contributed by atoms with van der Waals surface area (Å²) < 4.78 is 32.5. The SMILES string of the molecule is CN(C)Cc1ccc(CN2CC(C=O)NS2(=O)=O)o1. The number of hydrogen-bond acceptors (Lipinski definition) is 5. The summed E-state index contributed by atoms with van der Waals surface area (Å²) in [6.07, 6.45) is 0.594. The van der Waals surface area contributed by atoms with Gasteiger partial charge in [0.05, 0.1) is 19.1 Å². The first kappa shape index (κ1) is 14.2. The maximum atomic E-state index is 11.7. The molecule has 0 saturated carbocycles. The molecule has 19 heavy (non-hydrogen) atoms. The molecule has 0 bridgehead atoms. The summed E-state index contributed by atoms with van der Waals surface area (Å²) in [7, 11) is 0.266. The normalized spacial score (nSPS) is 23.0. The molecule has 2 rings (SSSR count). The third kappa shape index (κ3) is 3.41. The number of nitrogens with one attached hydrogen (secondary N) is 1.